The Morgan fingerprint density at radius 2 is 2.15 bits per heavy atom. The minimum atomic E-state index is -0.220. The van der Waals surface area contributed by atoms with Crippen molar-refractivity contribution in [3.63, 3.8) is 0 Å². The van der Waals surface area contributed by atoms with Gasteiger partial charge in [-0.3, -0.25) is 4.90 Å². The molecule has 2 saturated heterocycles. The van der Waals surface area contributed by atoms with E-state index in [1.807, 2.05) is 0 Å². The Morgan fingerprint density at radius 3 is 2.96 bits per heavy atom. The minimum absolute atomic E-state index is 0.220. The normalized spacial score (nSPS) is 26.9. The van der Waals surface area contributed by atoms with E-state index in [9.17, 15) is 0 Å². The highest BCUT2D eigenvalue weighted by Crippen LogP contribution is 2.33. The van der Waals surface area contributed by atoms with Gasteiger partial charge in [0.25, 0.3) is 0 Å². The van der Waals surface area contributed by atoms with Crippen LogP contribution in [0.4, 0.5) is 6.01 Å². The van der Waals surface area contributed by atoms with E-state index in [-0.39, 0.29) is 5.60 Å². The molecule has 140 valence electrons. The Hall–Kier alpha value is -1.96. The molecule has 26 heavy (non-hydrogen) atoms. The summed E-state index contributed by atoms with van der Waals surface area (Å²) in [5, 5.41) is 11.0. The van der Waals surface area contributed by atoms with Gasteiger partial charge in [-0.25, -0.2) is 0 Å². The van der Waals surface area contributed by atoms with Gasteiger partial charge in [-0.15, -0.1) is 5.10 Å². The number of aryl methyl sites for hydroxylation is 1. The predicted molar refractivity (Wildman–Crippen MR) is 96.9 cm³/mol. The zero-order chi connectivity index (χ0) is 17.8. The molecule has 1 N–H and O–H groups in total. The molecule has 3 heterocycles. The third kappa shape index (κ3) is 4.23. The van der Waals surface area contributed by atoms with Gasteiger partial charge in [0, 0.05) is 39.0 Å². The molecule has 0 radical (unpaired) electrons. The number of hydrogen-bond donors (Lipinski definition) is 1. The average Bonchev–Trinajstić information content (AvgIpc) is 3.18. The van der Waals surface area contributed by atoms with Crippen LogP contribution < -0.4 is 5.32 Å². The Balaban J connectivity index is 1.34. The molecule has 1 aromatic carbocycles. The molecule has 0 aliphatic carbocycles. The summed E-state index contributed by atoms with van der Waals surface area (Å²) in [4.78, 5) is 2.44. The zero-order valence-electron chi connectivity index (χ0n) is 15.2. The smallest absolute Gasteiger partial charge is 0.315 e. The number of anilines is 1. The molecule has 2 atom stereocenters. The SMILES string of the molecule is Cc1nnc(NC[C@H]2CO[C@@]3(COCCN(Cc4ccccc4)C3)C2)o1. The van der Waals surface area contributed by atoms with Gasteiger partial charge in [0.2, 0.25) is 5.89 Å². The highest BCUT2D eigenvalue weighted by molar-refractivity contribution is 5.17. The molecule has 7 nitrogen and oxygen atoms in total. The third-order valence-corrected chi connectivity index (χ3v) is 5.03. The van der Waals surface area contributed by atoms with Crippen LogP contribution >= 0.6 is 0 Å². The van der Waals surface area contributed by atoms with Crippen molar-refractivity contribution >= 4 is 6.01 Å². The first-order valence-electron chi connectivity index (χ1n) is 9.23. The second-order valence-electron chi connectivity index (χ2n) is 7.32. The largest absolute Gasteiger partial charge is 0.408 e. The summed E-state index contributed by atoms with van der Waals surface area (Å²) >= 11 is 0. The van der Waals surface area contributed by atoms with Crippen LogP contribution in [-0.4, -0.2) is 60.2 Å². The number of nitrogens with one attached hydrogen (secondary N) is 1. The third-order valence-electron chi connectivity index (χ3n) is 5.03. The maximum Gasteiger partial charge on any atom is 0.315 e. The van der Waals surface area contributed by atoms with E-state index < -0.39 is 0 Å². The lowest BCUT2D eigenvalue weighted by Gasteiger charge is -2.31. The first-order chi connectivity index (χ1) is 12.7. The molecule has 0 amide bonds. The second-order valence-corrected chi connectivity index (χ2v) is 7.32. The number of hydrogen-bond acceptors (Lipinski definition) is 7. The van der Waals surface area contributed by atoms with E-state index in [1.165, 1.54) is 5.56 Å². The lowest BCUT2D eigenvalue weighted by atomic mass is 9.94. The Bertz CT molecular complexity index is 708. The fourth-order valence-electron chi connectivity index (χ4n) is 3.84. The fraction of sp³-hybridized carbons (Fsp3) is 0.579. The highest BCUT2D eigenvalue weighted by Gasteiger charge is 2.43. The van der Waals surface area contributed by atoms with E-state index in [0.29, 0.717) is 24.4 Å². The summed E-state index contributed by atoms with van der Waals surface area (Å²) in [5.74, 6) is 0.975. The van der Waals surface area contributed by atoms with E-state index in [4.69, 9.17) is 13.9 Å². The van der Waals surface area contributed by atoms with Gasteiger partial charge in [-0.1, -0.05) is 35.4 Å². The topological polar surface area (TPSA) is 72.7 Å². The summed E-state index contributed by atoms with van der Waals surface area (Å²) in [6.07, 6.45) is 0.971. The lowest BCUT2D eigenvalue weighted by molar-refractivity contribution is -0.0562. The Labute approximate surface area is 153 Å². The molecule has 4 rings (SSSR count). The molecule has 0 unspecified atom stereocenters. The molecular formula is C19H26N4O3. The van der Waals surface area contributed by atoms with Gasteiger partial charge in [0.05, 0.1) is 19.8 Å². The number of ether oxygens (including phenoxy) is 2. The molecule has 2 aliphatic rings. The monoisotopic (exact) mass is 358 g/mol. The van der Waals surface area contributed by atoms with Gasteiger partial charge in [0.15, 0.2) is 0 Å². The van der Waals surface area contributed by atoms with Crippen molar-refractivity contribution in [1.82, 2.24) is 15.1 Å². The zero-order valence-corrected chi connectivity index (χ0v) is 15.2. The van der Waals surface area contributed by atoms with Crippen LogP contribution in [-0.2, 0) is 16.0 Å². The first kappa shape index (κ1) is 17.5. The molecule has 0 saturated carbocycles. The fourth-order valence-corrected chi connectivity index (χ4v) is 3.84. The van der Waals surface area contributed by atoms with Crippen molar-refractivity contribution in [3.05, 3.63) is 41.8 Å². The van der Waals surface area contributed by atoms with Gasteiger partial charge in [-0.2, -0.15) is 0 Å². The van der Waals surface area contributed by atoms with Crippen molar-refractivity contribution in [3.8, 4) is 0 Å². The van der Waals surface area contributed by atoms with Crippen LogP contribution in [0.1, 0.15) is 17.9 Å². The standard InChI is InChI=1S/C19H26N4O3/c1-15-21-22-18(26-15)20-10-17-9-19(25-12-17)13-23(7-8-24-14-19)11-16-5-3-2-4-6-16/h2-6,17H,7-14H2,1H3,(H,20,22)/t17-,19-/m0/s1. The maximum atomic E-state index is 6.26. The van der Waals surface area contributed by atoms with E-state index >= 15 is 0 Å². The minimum Gasteiger partial charge on any atom is -0.408 e. The first-order valence-corrected chi connectivity index (χ1v) is 9.23. The van der Waals surface area contributed by atoms with Gasteiger partial charge in [0.1, 0.15) is 5.60 Å². The van der Waals surface area contributed by atoms with Crippen LogP contribution in [0.5, 0.6) is 0 Å². The summed E-state index contributed by atoms with van der Waals surface area (Å²) in [5.41, 5.74) is 1.11. The predicted octanol–water partition coefficient (Wildman–Crippen LogP) is 2.10. The molecular weight excluding hydrogens is 332 g/mol. The van der Waals surface area contributed by atoms with E-state index in [1.54, 1.807) is 6.92 Å². The summed E-state index contributed by atoms with van der Waals surface area (Å²) in [6.45, 7) is 7.46. The summed E-state index contributed by atoms with van der Waals surface area (Å²) in [6, 6.07) is 11.1. The van der Waals surface area contributed by atoms with Crippen molar-refractivity contribution in [2.24, 2.45) is 5.92 Å². The molecule has 2 aliphatic heterocycles. The molecule has 0 bridgehead atoms. The maximum absolute atomic E-state index is 6.26. The number of benzene rings is 1. The summed E-state index contributed by atoms with van der Waals surface area (Å²) < 4.78 is 17.5. The van der Waals surface area contributed by atoms with Gasteiger partial charge >= 0.3 is 6.01 Å². The van der Waals surface area contributed by atoms with Crippen molar-refractivity contribution < 1.29 is 13.9 Å². The van der Waals surface area contributed by atoms with Crippen LogP contribution in [0.25, 0.3) is 0 Å². The van der Waals surface area contributed by atoms with Crippen molar-refractivity contribution in [1.29, 1.82) is 0 Å². The van der Waals surface area contributed by atoms with Gasteiger partial charge in [-0.05, 0) is 12.0 Å². The highest BCUT2D eigenvalue weighted by atomic mass is 16.5. The molecule has 2 fully saturated rings. The Kier molecular flexibility index (Phi) is 5.19. The molecule has 2 aromatic rings. The van der Waals surface area contributed by atoms with Gasteiger partial charge < -0.3 is 19.2 Å². The second kappa shape index (κ2) is 7.73. The van der Waals surface area contributed by atoms with Crippen molar-refractivity contribution in [2.75, 3.05) is 44.8 Å². The van der Waals surface area contributed by atoms with E-state index in [2.05, 4.69) is 50.7 Å². The van der Waals surface area contributed by atoms with E-state index in [0.717, 1.165) is 45.8 Å². The number of nitrogens with zero attached hydrogens (tertiary/aromatic N) is 3. The molecule has 1 spiro atoms. The molecule has 1 aromatic heterocycles. The van der Waals surface area contributed by atoms with Crippen LogP contribution in [0, 0.1) is 12.8 Å². The number of aromatic nitrogens is 2. The van der Waals surface area contributed by atoms with Crippen LogP contribution in [0.2, 0.25) is 0 Å². The average molecular weight is 358 g/mol. The summed E-state index contributed by atoms with van der Waals surface area (Å²) in [7, 11) is 0. The number of rotatable bonds is 5. The Morgan fingerprint density at radius 1 is 1.27 bits per heavy atom. The van der Waals surface area contributed by atoms with Crippen molar-refractivity contribution in [2.45, 2.75) is 25.5 Å². The quantitative estimate of drug-likeness (QED) is 0.877. The molecule has 7 heteroatoms. The van der Waals surface area contributed by atoms with Crippen LogP contribution in [0.3, 0.4) is 0 Å². The lowest BCUT2D eigenvalue weighted by Crippen LogP contribution is -2.43. The van der Waals surface area contributed by atoms with Crippen LogP contribution in [0.15, 0.2) is 34.7 Å².